The first-order valence-corrected chi connectivity index (χ1v) is 7.82. The summed E-state index contributed by atoms with van der Waals surface area (Å²) < 4.78 is 10.9. The van der Waals surface area contributed by atoms with Crippen LogP contribution in [0.5, 0.6) is 5.75 Å². The molecule has 0 saturated carbocycles. The van der Waals surface area contributed by atoms with Crippen molar-refractivity contribution in [1.82, 2.24) is 4.90 Å². The van der Waals surface area contributed by atoms with Crippen LogP contribution in [-0.4, -0.2) is 43.2 Å². The maximum atomic E-state index is 12.2. The fraction of sp³-hybridized carbons (Fsp3) is 0.533. The monoisotopic (exact) mass is 331 g/mol. The molecule has 1 aliphatic rings. The first kappa shape index (κ1) is 16.4. The highest BCUT2D eigenvalue weighted by molar-refractivity contribution is 6.35. The van der Waals surface area contributed by atoms with E-state index in [9.17, 15) is 4.79 Å². The van der Waals surface area contributed by atoms with E-state index in [1.54, 1.807) is 18.2 Å². The highest BCUT2D eigenvalue weighted by Gasteiger charge is 2.28. The van der Waals surface area contributed by atoms with Crippen molar-refractivity contribution in [3.63, 3.8) is 0 Å². The van der Waals surface area contributed by atoms with Gasteiger partial charge < -0.3 is 14.4 Å². The van der Waals surface area contributed by atoms with Crippen molar-refractivity contribution in [3.8, 4) is 5.75 Å². The number of ether oxygens (including phenoxy) is 2. The summed E-state index contributed by atoms with van der Waals surface area (Å²) in [6, 6.07) is 5.10. The predicted octanol–water partition coefficient (Wildman–Crippen LogP) is 3.40. The van der Waals surface area contributed by atoms with E-state index in [1.807, 2.05) is 11.8 Å². The zero-order chi connectivity index (χ0) is 15.2. The van der Waals surface area contributed by atoms with Crippen LogP contribution in [0, 0.1) is 0 Å². The summed E-state index contributed by atoms with van der Waals surface area (Å²) in [4.78, 5) is 14.1. The highest BCUT2D eigenvalue weighted by Crippen LogP contribution is 2.27. The normalized spacial score (nSPS) is 18.0. The topological polar surface area (TPSA) is 38.8 Å². The molecule has 4 nitrogen and oxygen atoms in total. The number of nitrogens with zero attached hydrogens (tertiary/aromatic N) is 1. The molecule has 1 aromatic carbocycles. The van der Waals surface area contributed by atoms with Crippen molar-refractivity contribution in [2.75, 3.05) is 26.4 Å². The second-order valence-corrected chi connectivity index (χ2v) is 5.75. The van der Waals surface area contributed by atoms with Gasteiger partial charge in [0.05, 0.1) is 17.7 Å². The Balaban J connectivity index is 1.88. The van der Waals surface area contributed by atoms with Crippen molar-refractivity contribution in [2.24, 2.45) is 0 Å². The molecule has 1 heterocycles. The van der Waals surface area contributed by atoms with Crippen molar-refractivity contribution in [1.29, 1.82) is 0 Å². The molecule has 21 heavy (non-hydrogen) atoms. The number of benzene rings is 1. The van der Waals surface area contributed by atoms with Gasteiger partial charge >= 0.3 is 0 Å². The van der Waals surface area contributed by atoms with E-state index in [0.717, 1.165) is 19.4 Å². The largest absolute Gasteiger partial charge is 0.482 e. The molecule has 1 aliphatic heterocycles. The number of hydrogen-bond donors (Lipinski definition) is 0. The molecule has 0 spiro atoms. The second-order valence-electron chi connectivity index (χ2n) is 4.91. The maximum Gasteiger partial charge on any atom is 0.260 e. The summed E-state index contributed by atoms with van der Waals surface area (Å²) >= 11 is 11.8. The minimum absolute atomic E-state index is 0.0238. The molecule has 1 fully saturated rings. The van der Waals surface area contributed by atoms with Crippen LogP contribution in [-0.2, 0) is 9.53 Å². The molecule has 0 radical (unpaired) electrons. The molecule has 0 unspecified atom stereocenters. The lowest BCUT2D eigenvalue weighted by Crippen LogP contribution is -2.41. The molecule has 0 N–H and O–H groups in total. The van der Waals surface area contributed by atoms with E-state index in [-0.39, 0.29) is 18.6 Å². The maximum absolute atomic E-state index is 12.2. The Bertz CT molecular complexity index is 496. The number of carbonyl (C=O) groups excluding carboxylic acids is 1. The van der Waals surface area contributed by atoms with E-state index in [1.165, 1.54) is 0 Å². The van der Waals surface area contributed by atoms with Crippen molar-refractivity contribution in [2.45, 2.75) is 25.8 Å². The summed E-state index contributed by atoms with van der Waals surface area (Å²) in [6.45, 7) is 3.93. The average molecular weight is 332 g/mol. The van der Waals surface area contributed by atoms with Gasteiger partial charge in [0.25, 0.3) is 5.91 Å². The van der Waals surface area contributed by atoms with Crippen LogP contribution < -0.4 is 4.74 Å². The molecular formula is C15H19Cl2NO3. The predicted molar refractivity (Wildman–Crippen MR) is 83.2 cm³/mol. The van der Waals surface area contributed by atoms with Crippen LogP contribution in [0.2, 0.25) is 10.0 Å². The van der Waals surface area contributed by atoms with Crippen molar-refractivity contribution >= 4 is 29.1 Å². The molecule has 6 heteroatoms. The van der Waals surface area contributed by atoms with Crippen molar-refractivity contribution < 1.29 is 14.3 Å². The lowest BCUT2D eigenvalue weighted by molar-refractivity contribution is -0.135. The van der Waals surface area contributed by atoms with Gasteiger partial charge in [-0.1, -0.05) is 23.2 Å². The summed E-state index contributed by atoms with van der Waals surface area (Å²) in [7, 11) is 0. The lowest BCUT2D eigenvalue weighted by atomic mass is 10.2. The number of likely N-dealkylation sites (tertiary alicyclic amines) is 1. The van der Waals surface area contributed by atoms with Gasteiger partial charge in [-0.15, -0.1) is 0 Å². The van der Waals surface area contributed by atoms with E-state index < -0.39 is 0 Å². The Labute approximate surface area is 134 Å². The Morgan fingerprint density at radius 1 is 1.43 bits per heavy atom. The molecule has 116 valence electrons. The third-order valence-electron chi connectivity index (χ3n) is 3.46. The van der Waals surface area contributed by atoms with Crippen LogP contribution >= 0.6 is 23.2 Å². The third-order valence-corrected chi connectivity index (χ3v) is 3.99. The first-order valence-electron chi connectivity index (χ1n) is 7.07. The van der Waals surface area contributed by atoms with E-state index in [2.05, 4.69) is 0 Å². The SMILES string of the molecule is CCOC[C@H]1CCCN1C(=O)COc1ccc(Cl)cc1Cl. The first-order chi connectivity index (χ1) is 10.1. The average Bonchev–Trinajstić information content (AvgIpc) is 2.92. The van der Waals surface area contributed by atoms with Gasteiger partial charge in [0.2, 0.25) is 0 Å². The van der Waals surface area contributed by atoms with Gasteiger partial charge in [-0.05, 0) is 38.0 Å². The summed E-state index contributed by atoms with van der Waals surface area (Å²) in [6.07, 6.45) is 1.98. The number of amides is 1. The van der Waals surface area contributed by atoms with Crippen LogP contribution in [0.1, 0.15) is 19.8 Å². The van der Waals surface area contributed by atoms with Gasteiger partial charge in [0.15, 0.2) is 6.61 Å². The fourth-order valence-electron chi connectivity index (χ4n) is 2.41. The third kappa shape index (κ3) is 4.50. The minimum Gasteiger partial charge on any atom is -0.482 e. The van der Waals surface area contributed by atoms with Crippen LogP contribution in [0.4, 0.5) is 0 Å². The molecule has 0 aliphatic carbocycles. The summed E-state index contributed by atoms with van der Waals surface area (Å²) in [5, 5.41) is 0.942. The molecule has 1 aromatic rings. The van der Waals surface area contributed by atoms with Crippen molar-refractivity contribution in [3.05, 3.63) is 28.2 Å². The smallest absolute Gasteiger partial charge is 0.260 e. The summed E-state index contributed by atoms with van der Waals surface area (Å²) in [5.41, 5.74) is 0. The van der Waals surface area contributed by atoms with Gasteiger partial charge in [0, 0.05) is 18.2 Å². The fourth-order valence-corrected chi connectivity index (χ4v) is 2.87. The standard InChI is InChI=1S/C15H19Cl2NO3/c1-2-20-9-12-4-3-7-18(12)15(19)10-21-14-6-5-11(16)8-13(14)17/h5-6,8,12H,2-4,7,9-10H2,1H3/t12-/m1/s1. The molecule has 0 aromatic heterocycles. The second kappa shape index (κ2) is 7.87. The van der Waals surface area contributed by atoms with Gasteiger partial charge in [-0.2, -0.15) is 0 Å². The minimum atomic E-state index is -0.0387. The molecule has 0 bridgehead atoms. The van der Waals surface area contributed by atoms with Crippen LogP contribution in [0.25, 0.3) is 0 Å². The number of halogens is 2. The highest BCUT2D eigenvalue weighted by atomic mass is 35.5. The Morgan fingerprint density at radius 3 is 2.95 bits per heavy atom. The summed E-state index contributed by atoms with van der Waals surface area (Å²) in [5.74, 6) is 0.429. The van der Waals surface area contributed by atoms with E-state index in [0.29, 0.717) is 29.0 Å². The van der Waals surface area contributed by atoms with Crippen LogP contribution in [0.3, 0.4) is 0 Å². The number of carbonyl (C=O) groups is 1. The molecule has 1 saturated heterocycles. The quantitative estimate of drug-likeness (QED) is 0.801. The zero-order valence-corrected chi connectivity index (χ0v) is 13.5. The number of rotatable bonds is 6. The van der Waals surface area contributed by atoms with E-state index in [4.69, 9.17) is 32.7 Å². The molecular weight excluding hydrogens is 313 g/mol. The molecule has 1 amide bonds. The zero-order valence-electron chi connectivity index (χ0n) is 12.0. The van der Waals surface area contributed by atoms with Gasteiger partial charge in [-0.3, -0.25) is 4.79 Å². The number of hydrogen-bond acceptors (Lipinski definition) is 3. The van der Waals surface area contributed by atoms with Gasteiger partial charge in [0.1, 0.15) is 5.75 Å². The van der Waals surface area contributed by atoms with E-state index >= 15 is 0 Å². The molecule has 2 rings (SSSR count). The Hall–Kier alpha value is -0.970. The lowest BCUT2D eigenvalue weighted by Gasteiger charge is -2.24. The Kier molecular flexibility index (Phi) is 6.15. The molecule has 1 atom stereocenters. The van der Waals surface area contributed by atoms with Gasteiger partial charge in [-0.25, -0.2) is 0 Å². The van der Waals surface area contributed by atoms with Crippen LogP contribution in [0.15, 0.2) is 18.2 Å². The Morgan fingerprint density at radius 2 is 2.24 bits per heavy atom.